The van der Waals surface area contributed by atoms with E-state index in [9.17, 15) is 0 Å². The van der Waals surface area contributed by atoms with E-state index < -0.39 is 0 Å². The molecule has 0 radical (unpaired) electrons. The molecule has 0 fully saturated rings. The lowest BCUT2D eigenvalue weighted by molar-refractivity contribution is 0.757. The number of anilines is 2. The Hall–Kier alpha value is -1.36. The maximum Gasteiger partial charge on any atom is 0.131 e. The van der Waals surface area contributed by atoms with Gasteiger partial charge in [0.1, 0.15) is 18.0 Å². The van der Waals surface area contributed by atoms with Crippen LogP contribution in [-0.2, 0) is 0 Å². The van der Waals surface area contributed by atoms with Crippen molar-refractivity contribution in [3.05, 3.63) is 12.4 Å². The Labute approximate surface area is 96.9 Å². The van der Waals surface area contributed by atoms with Crippen LogP contribution in [0.15, 0.2) is 12.4 Å². The van der Waals surface area contributed by atoms with Gasteiger partial charge < -0.3 is 16.4 Å². The molecule has 1 aromatic rings. The van der Waals surface area contributed by atoms with E-state index in [1.807, 2.05) is 13.0 Å². The second-order valence-corrected chi connectivity index (χ2v) is 4.10. The fraction of sp³-hybridized carbons (Fsp3) is 0.636. The number of aromatic nitrogens is 2. The minimum atomic E-state index is 0.112. The third kappa shape index (κ3) is 4.44. The maximum absolute atomic E-state index is 5.66. The Kier molecular flexibility index (Phi) is 4.98. The molecule has 0 bridgehead atoms. The van der Waals surface area contributed by atoms with E-state index in [1.54, 1.807) is 6.33 Å². The minimum Gasteiger partial charge on any atom is -0.368 e. The monoisotopic (exact) mass is 223 g/mol. The number of hydrogen-bond acceptors (Lipinski definition) is 5. The van der Waals surface area contributed by atoms with Gasteiger partial charge in [-0.25, -0.2) is 9.97 Å². The predicted molar refractivity (Wildman–Crippen MR) is 67.5 cm³/mol. The van der Waals surface area contributed by atoms with Crippen molar-refractivity contribution >= 4 is 11.6 Å². The van der Waals surface area contributed by atoms with E-state index in [0.29, 0.717) is 12.6 Å². The number of nitrogens with one attached hydrogen (secondary N) is 2. The van der Waals surface area contributed by atoms with Gasteiger partial charge in [0.15, 0.2) is 0 Å². The van der Waals surface area contributed by atoms with Gasteiger partial charge in [-0.2, -0.15) is 0 Å². The summed E-state index contributed by atoms with van der Waals surface area (Å²) < 4.78 is 0. The topological polar surface area (TPSA) is 75.9 Å². The normalized spacial score (nSPS) is 14.2. The summed E-state index contributed by atoms with van der Waals surface area (Å²) in [4.78, 5) is 8.29. The van der Waals surface area contributed by atoms with Gasteiger partial charge in [-0.15, -0.1) is 0 Å². The summed E-state index contributed by atoms with van der Waals surface area (Å²) in [5, 5.41) is 6.46. The molecule has 0 aliphatic carbocycles. The molecule has 2 unspecified atom stereocenters. The zero-order valence-corrected chi connectivity index (χ0v) is 10.2. The zero-order valence-electron chi connectivity index (χ0n) is 10.2. The molecule has 0 saturated heterocycles. The molecule has 0 saturated carbocycles. The van der Waals surface area contributed by atoms with Gasteiger partial charge in [-0.05, 0) is 20.3 Å². The Morgan fingerprint density at radius 1 is 1.31 bits per heavy atom. The summed E-state index contributed by atoms with van der Waals surface area (Å²) in [6.45, 7) is 6.91. The molecular weight excluding hydrogens is 202 g/mol. The van der Waals surface area contributed by atoms with E-state index in [4.69, 9.17) is 5.73 Å². The number of nitrogens with two attached hydrogens (primary N) is 1. The molecule has 2 atom stereocenters. The third-order valence-electron chi connectivity index (χ3n) is 2.28. The van der Waals surface area contributed by atoms with Crippen LogP contribution in [0.5, 0.6) is 0 Å². The largest absolute Gasteiger partial charge is 0.368 e. The summed E-state index contributed by atoms with van der Waals surface area (Å²) in [6.07, 6.45) is 2.61. The van der Waals surface area contributed by atoms with Crippen molar-refractivity contribution in [3.63, 3.8) is 0 Å². The van der Waals surface area contributed by atoms with Gasteiger partial charge in [-0.1, -0.05) is 6.92 Å². The van der Waals surface area contributed by atoms with Crippen LogP contribution in [0, 0.1) is 0 Å². The molecule has 4 N–H and O–H groups in total. The minimum absolute atomic E-state index is 0.112. The van der Waals surface area contributed by atoms with Crippen molar-refractivity contribution < 1.29 is 0 Å². The summed E-state index contributed by atoms with van der Waals surface area (Å²) in [7, 11) is 0. The predicted octanol–water partition coefficient (Wildman–Crippen LogP) is 1.45. The van der Waals surface area contributed by atoms with Crippen LogP contribution >= 0.6 is 0 Å². The van der Waals surface area contributed by atoms with Gasteiger partial charge in [0, 0.05) is 24.7 Å². The van der Waals surface area contributed by atoms with Crippen LogP contribution in [0.2, 0.25) is 0 Å². The SMILES string of the molecule is CCC(C)Nc1cc(NCC(C)N)ncn1. The molecule has 5 heteroatoms. The van der Waals surface area contributed by atoms with Crippen molar-refractivity contribution in [2.75, 3.05) is 17.2 Å². The Balaban J connectivity index is 2.56. The third-order valence-corrected chi connectivity index (χ3v) is 2.28. The standard InChI is InChI=1S/C11H21N5/c1-4-9(3)16-11-5-10(14-7-15-11)13-6-8(2)12/h5,7-9H,4,6,12H2,1-3H3,(H2,13,14,15,16). The lowest BCUT2D eigenvalue weighted by Crippen LogP contribution is -2.25. The van der Waals surface area contributed by atoms with Crippen LogP contribution in [0.3, 0.4) is 0 Å². The van der Waals surface area contributed by atoms with Crippen molar-refractivity contribution in [3.8, 4) is 0 Å². The van der Waals surface area contributed by atoms with Crippen molar-refractivity contribution in [1.29, 1.82) is 0 Å². The van der Waals surface area contributed by atoms with Crippen LogP contribution in [-0.4, -0.2) is 28.6 Å². The van der Waals surface area contributed by atoms with Gasteiger partial charge in [0.25, 0.3) is 0 Å². The van der Waals surface area contributed by atoms with Crippen LogP contribution in [0.1, 0.15) is 27.2 Å². The molecule has 0 aliphatic heterocycles. The zero-order chi connectivity index (χ0) is 12.0. The van der Waals surface area contributed by atoms with E-state index >= 15 is 0 Å². The average Bonchev–Trinajstić information content (AvgIpc) is 2.26. The molecule has 1 heterocycles. The van der Waals surface area contributed by atoms with E-state index in [-0.39, 0.29) is 6.04 Å². The maximum atomic E-state index is 5.66. The lowest BCUT2D eigenvalue weighted by Gasteiger charge is -2.13. The highest BCUT2D eigenvalue weighted by molar-refractivity contribution is 5.46. The molecule has 0 aliphatic rings. The van der Waals surface area contributed by atoms with E-state index in [1.165, 1.54) is 0 Å². The van der Waals surface area contributed by atoms with Gasteiger partial charge in [0.2, 0.25) is 0 Å². The summed E-state index contributed by atoms with van der Waals surface area (Å²) in [5.74, 6) is 1.65. The fourth-order valence-electron chi connectivity index (χ4n) is 1.15. The molecule has 5 nitrogen and oxygen atoms in total. The second kappa shape index (κ2) is 6.27. The molecule has 0 spiro atoms. The Morgan fingerprint density at radius 3 is 2.62 bits per heavy atom. The number of rotatable bonds is 6. The molecule has 1 rings (SSSR count). The number of hydrogen-bond donors (Lipinski definition) is 3. The Morgan fingerprint density at radius 2 is 2.00 bits per heavy atom. The smallest absolute Gasteiger partial charge is 0.131 e. The summed E-state index contributed by atoms with van der Waals surface area (Å²) in [5.41, 5.74) is 5.66. The van der Waals surface area contributed by atoms with Gasteiger partial charge >= 0.3 is 0 Å². The number of nitrogens with zero attached hydrogens (tertiary/aromatic N) is 2. The summed E-state index contributed by atoms with van der Waals surface area (Å²) in [6, 6.07) is 2.42. The molecule has 1 aromatic heterocycles. The van der Waals surface area contributed by atoms with Crippen LogP contribution < -0.4 is 16.4 Å². The summed E-state index contributed by atoms with van der Waals surface area (Å²) >= 11 is 0. The highest BCUT2D eigenvalue weighted by Gasteiger charge is 2.02. The van der Waals surface area contributed by atoms with Gasteiger partial charge in [-0.3, -0.25) is 0 Å². The Bertz CT molecular complexity index is 313. The van der Waals surface area contributed by atoms with E-state index in [2.05, 4.69) is 34.4 Å². The van der Waals surface area contributed by atoms with Crippen molar-refractivity contribution in [1.82, 2.24) is 9.97 Å². The first-order valence-corrected chi connectivity index (χ1v) is 5.69. The highest BCUT2D eigenvalue weighted by Crippen LogP contribution is 2.10. The van der Waals surface area contributed by atoms with Gasteiger partial charge in [0.05, 0.1) is 0 Å². The van der Waals surface area contributed by atoms with Crippen molar-refractivity contribution in [2.24, 2.45) is 5.73 Å². The fourth-order valence-corrected chi connectivity index (χ4v) is 1.15. The molecule has 90 valence electrons. The molecule has 0 amide bonds. The molecule has 16 heavy (non-hydrogen) atoms. The first-order valence-electron chi connectivity index (χ1n) is 5.69. The average molecular weight is 223 g/mol. The first kappa shape index (κ1) is 12.7. The highest BCUT2D eigenvalue weighted by atomic mass is 15.1. The molecular formula is C11H21N5. The quantitative estimate of drug-likeness (QED) is 0.680. The second-order valence-electron chi connectivity index (χ2n) is 4.10. The van der Waals surface area contributed by atoms with Crippen LogP contribution in [0.4, 0.5) is 11.6 Å². The van der Waals surface area contributed by atoms with E-state index in [0.717, 1.165) is 18.1 Å². The van der Waals surface area contributed by atoms with Crippen LogP contribution in [0.25, 0.3) is 0 Å². The molecule has 0 aromatic carbocycles. The first-order chi connectivity index (χ1) is 7.61. The lowest BCUT2D eigenvalue weighted by atomic mass is 10.2. The van der Waals surface area contributed by atoms with Crippen molar-refractivity contribution in [2.45, 2.75) is 39.3 Å².